The SMILES string of the molecule is CCN(C)C(=O)N1CC=C(c2cc3c(NC4=Cc5scnc5CCC4)ncnc3[nH]2)CC1. The van der Waals surface area contributed by atoms with Crippen LogP contribution in [0, 0.1) is 0 Å². The molecule has 0 atom stereocenters. The number of nitrogens with one attached hydrogen (secondary N) is 2. The van der Waals surface area contributed by atoms with Gasteiger partial charge in [0.1, 0.15) is 17.8 Å². The maximum atomic E-state index is 12.4. The number of hydrogen-bond acceptors (Lipinski definition) is 6. The van der Waals surface area contributed by atoms with Crippen molar-refractivity contribution in [3.05, 3.63) is 45.9 Å². The molecule has 2 N–H and O–H groups in total. The topological polar surface area (TPSA) is 90.0 Å². The molecule has 3 aromatic rings. The first-order valence-electron chi connectivity index (χ1n) is 11.1. The largest absolute Gasteiger partial charge is 0.343 e. The Labute approximate surface area is 191 Å². The Kier molecular flexibility index (Phi) is 5.65. The molecule has 0 saturated heterocycles. The van der Waals surface area contributed by atoms with Gasteiger partial charge in [-0.15, -0.1) is 11.3 Å². The van der Waals surface area contributed by atoms with Crippen molar-refractivity contribution in [3.63, 3.8) is 0 Å². The number of hydrogen-bond donors (Lipinski definition) is 2. The molecule has 0 aromatic carbocycles. The molecule has 0 spiro atoms. The van der Waals surface area contributed by atoms with Crippen LogP contribution in [-0.4, -0.2) is 62.4 Å². The van der Waals surface area contributed by atoms with E-state index in [0.717, 1.165) is 53.9 Å². The third-order valence-electron chi connectivity index (χ3n) is 6.17. The highest BCUT2D eigenvalue weighted by Gasteiger charge is 2.21. The fourth-order valence-electron chi connectivity index (χ4n) is 4.19. The van der Waals surface area contributed by atoms with Crippen molar-refractivity contribution in [1.82, 2.24) is 29.7 Å². The second-order valence-corrected chi connectivity index (χ2v) is 9.09. The number of urea groups is 1. The van der Waals surface area contributed by atoms with Crippen LogP contribution in [0.4, 0.5) is 10.6 Å². The van der Waals surface area contributed by atoms with Gasteiger partial charge in [-0.05, 0) is 50.3 Å². The van der Waals surface area contributed by atoms with Gasteiger partial charge in [0, 0.05) is 38.1 Å². The smallest absolute Gasteiger partial charge is 0.320 e. The quantitative estimate of drug-likeness (QED) is 0.618. The molecule has 2 aliphatic rings. The normalized spacial score (nSPS) is 16.2. The summed E-state index contributed by atoms with van der Waals surface area (Å²) in [6.45, 7) is 4.03. The minimum Gasteiger partial charge on any atom is -0.343 e. The Morgan fingerprint density at radius 3 is 3.00 bits per heavy atom. The number of carbonyl (C=O) groups is 1. The fraction of sp³-hybridized carbons (Fsp3) is 0.391. The van der Waals surface area contributed by atoms with E-state index in [4.69, 9.17) is 0 Å². The van der Waals surface area contributed by atoms with E-state index in [2.05, 4.69) is 43.5 Å². The summed E-state index contributed by atoms with van der Waals surface area (Å²) in [4.78, 5) is 34.2. The maximum Gasteiger partial charge on any atom is 0.320 e. The predicted molar refractivity (Wildman–Crippen MR) is 128 cm³/mol. The molecule has 0 bridgehead atoms. The highest BCUT2D eigenvalue weighted by Crippen LogP contribution is 2.30. The lowest BCUT2D eigenvalue weighted by molar-refractivity contribution is 0.169. The van der Waals surface area contributed by atoms with Crippen molar-refractivity contribution in [2.75, 3.05) is 32.0 Å². The highest BCUT2D eigenvalue weighted by atomic mass is 32.1. The van der Waals surface area contributed by atoms with E-state index >= 15 is 0 Å². The molecule has 0 saturated carbocycles. The number of carbonyl (C=O) groups excluding carboxylic acids is 1. The third kappa shape index (κ3) is 4.00. The van der Waals surface area contributed by atoms with Gasteiger partial charge in [0.15, 0.2) is 0 Å². The van der Waals surface area contributed by atoms with Gasteiger partial charge in [-0.1, -0.05) is 6.08 Å². The lowest BCUT2D eigenvalue weighted by Crippen LogP contribution is -2.43. The fourth-order valence-corrected chi connectivity index (χ4v) is 4.98. The van der Waals surface area contributed by atoms with Crippen LogP contribution in [0.5, 0.6) is 0 Å². The number of aromatic nitrogens is 4. The Hall–Kier alpha value is -3.20. The molecule has 0 unspecified atom stereocenters. The summed E-state index contributed by atoms with van der Waals surface area (Å²) in [7, 11) is 1.84. The number of allylic oxidation sites excluding steroid dienone is 1. The van der Waals surface area contributed by atoms with Crippen LogP contribution in [0.1, 0.15) is 42.5 Å². The summed E-state index contributed by atoms with van der Waals surface area (Å²) in [5.74, 6) is 0.814. The van der Waals surface area contributed by atoms with Gasteiger partial charge >= 0.3 is 6.03 Å². The predicted octanol–water partition coefficient (Wildman–Crippen LogP) is 4.36. The van der Waals surface area contributed by atoms with Crippen molar-refractivity contribution in [2.45, 2.75) is 32.6 Å². The molecule has 9 heteroatoms. The molecule has 166 valence electrons. The molecule has 0 fully saturated rings. The summed E-state index contributed by atoms with van der Waals surface area (Å²) in [6.07, 6.45) is 9.78. The highest BCUT2D eigenvalue weighted by molar-refractivity contribution is 7.10. The van der Waals surface area contributed by atoms with Gasteiger partial charge in [-0.25, -0.2) is 19.7 Å². The Bertz CT molecular complexity index is 1210. The number of aromatic amines is 1. The van der Waals surface area contributed by atoms with Gasteiger partial charge < -0.3 is 20.1 Å². The summed E-state index contributed by atoms with van der Waals surface area (Å²) in [6, 6.07) is 2.20. The van der Waals surface area contributed by atoms with Crippen molar-refractivity contribution in [1.29, 1.82) is 0 Å². The first kappa shape index (κ1) is 20.7. The average Bonchev–Trinajstić information content (AvgIpc) is 3.41. The number of H-pyrrole nitrogens is 1. The van der Waals surface area contributed by atoms with E-state index in [0.29, 0.717) is 19.6 Å². The van der Waals surface area contributed by atoms with Gasteiger partial charge in [0.05, 0.1) is 21.5 Å². The molecule has 1 aliphatic carbocycles. The van der Waals surface area contributed by atoms with Crippen molar-refractivity contribution < 1.29 is 4.79 Å². The lowest BCUT2D eigenvalue weighted by Gasteiger charge is -2.30. The van der Waals surface area contributed by atoms with Crippen molar-refractivity contribution in [2.24, 2.45) is 0 Å². The molecular formula is C23H27N7OS. The number of aryl methyl sites for hydroxylation is 1. The Balaban J connectivity index is 1.37. The summed E-state index contributed by atoms with van der Waals surface area (Å²) >= 11 is 1.68. The van der Waals surface area contributed by atoms with E-state index in [9.17, 15) is 4.79 Å². The Morgan fingerprint density at radius 2 is 2.19 bits per heavy atom. The lowest BCUT2D eigenvalue weighted by atomic mass is 10.1. The first-order chi connectivity index (χ1) is 15.6. The zero-order valence-electron chi connectivity index (χ0n) is 18.4. The molecule has 4 heterocycles. The number of rotatable bonds is 4. The number of amides is 2. The number of thiazole rings is 1. The van der Waals surface area contributed by atoms with Crippen LogP contribution in [0.25, 0.3) is 22.7 Å². The second kappa shape index (κ2) is 8.74. The van der Waals surface area contributed by atoms with Crippen LogP contribution in [0.15, 0.2) is 29.7 Å². The zero-order chi connectivity index (χ0) is 22.1. The molecule has 2 amide bonds. The van der Waals surface area contributed by atoms with Crippen LogP contribution in [0.2, 0.25) is 0 Å². The minimum absolute atomic E-state index is 0.0811. The standard InChI is InChI=1S/C23H27N7OS/c1-3-29(2)23(31)30-9-7-15(8-10-30)19-12-17-21(24-13-25-22(17)28-19)27-16-5-4-6-18-20(11-16)32-14-26-18/h7,11-14H,3-6,8-10H2,1-2H3,(H2,24,25,27,28). The van der Waals surface area contributed by atoms with Crippen LogP contribution < -0.4 is 5.32 Å². The van der Waals surface area contributed by atoms with Gasteiger partial charge in [0.2, 0.25) is 0 Å². The van der Waals surface area contributed by atoms with E-state index < -0.39 is 0 Å². The van der Waals surface area contributed by atoms with Crippen LogP contribution in [0.3, 0.4) is 0 Å². The first-order valence-corrected chi connectivity index (χ1v) is 11.9. The summed E-state index contributed by atoms with van der Waals surface area (Å²) in [5, 5.41) is 4.52. The van der Waals surface area contributed by atoms with Gasteiger partial charge in [0.25, 0.3) is 0 Å². The van der Waals surface area contributed by atoms with E-state index in [1.165, 1.54) is 16.1 Å². The minimum atomic E-state index is 0.0811. The van der Waals surface area contributed by atoms with Crippen molar-refractivity contribution in [3.8, 4) is 0 Å². The molecule has 8 nitrogen and oxygen atoms in total. The molecule has 5 rings (SSSR count). The van der Waals surface area contributed by atoms with E-state index in [1.807, 2.05) is 24.4 Å². The zero-order valence-corrected chi connectivity index (χ0v) is 19.2. The summed E-state index contributed by atoms with van der Waals surface area (Å²) in [5.41, 5.74) is 7.32. The molecule has 3 aromatic heterocycles. The summed E-state index contributed by atoms with van der Waals surface area (Å²) < 4.78 is 0. The maximum absolute atomic E-state index is 12.4. The molecule has 1 aliphatic heterocycles. The monoisotopic (exact) mass is 449 g/mol. The molecule has 0 radical (unpaired) electrons. The van der Waals surface area contributed by atoms with Crippen LogP contribution >= 0.6 is 11.3 Å². The van der Waals surface area contributed by atoms with Crippen molar-refractivity contribution >= 4 is 45.9 Å². The van der Waals surface area contributed by atoms with E-state index in [-0.39, 0.29) is 6.03 Å². The third-order valence-corrected chi connectivity index (χ3v) is 6.99. The van der Waals surface area contributed by atoms with Gasteiger partial charge in [-0.3, -0.25) is 0 Å². The molecule has 32 heavy (non-hydrogen) atoms. The second-order valence-electron chi connectivity index (χ2n) is 8.20. The number of anilines is 1. The van der Waals surface area contributed by atoms with Gasteiger partial charge in [-0.2, -0.15) is 0 Å². The van der Waals surface area contributed by atoms with Crippen LogP contribution in [-0.2, 0) is 6.42 Å². The average molecular weight is 450 g/mol. The van der Waals surface area contributed by atoms with E-state index in [1.54, 1.807) is 22.6 Å². The number of nitrogens with zero attached hydrogens (tertiary/aromatic N) is 5. The molecular weight excluding hydrogens is 422 g/mol. The number of fused-ring (bicyclic) bond motifs is 2. The Morgan fingerprint density at radius 1 is 1.28 bits per heavy atom.